The van der Waals surface area contributed by atoms with Crippen LogP contribution in [-0.2, 0) is 10.2 Å². The molecule has 0 N–H and O–H groups in total. The maximum Gasteiger partial charge on any atom is 0.246 e. The van der Waals surface area contributed by atoms with Gasteiger partial charge in [-0.05, 0) is 48.4 Å². The number of amides is 1. The Balaban J connectivity index is 1.90. The molecule has 0 saturated carbocycles. The topological polar surface area (TPSA) is 29.5 Å². The first-order valence-electron chi connectivity index (χ1n) is 8.30. The molecule has 3 aromatic carbocycles. The summed E-state index contributed by atoms with van der Waals surface area (Å²) >= 11 is 0. The summed E-state index contributed by atoms with van der Waals surface area (Å²) in [5, 5.41) is 0. The summed E-state index contributed by atoms with van der Waals surface area (Å²) in [5.74, 6) is 0.844. The van der Waals surface area contributed by atoms with E-state index >= 15 is 0 Å². The average molecular weight is 329 g/mol. The molecule has 4 rings (SSSR count). The molecule has 1 aliphatic heterocycles. The van der Waals surface area contributed by atoms with Crippen LogP contribution in [0.1, 0.15) is 18.1 Å². The van der Waals surface area contributed by atoms with Crippen LogP contribution in [0.25, 0.3) is 0 Å². The summed E-state index contributed by atoms with van der Waals surface area (Å²) in [6, 6.07) is 25.6. The smallest absolute Gasteiger partial charge is 0.246 e. The molecular weight excluding hydrogens is 310 g/mol. The molecule has 3 nitrogen and oxygen atoms in total. The Kier molecular flexibility index (Phi) is 3.57. The van der Waals surface area contributed by atoms with Crippen molar-refractivity contribution in [3.05, 3.63) is 90.0 Å². The van der Waals surface area contributed by atoms with Gasteiger partial charge in [0, 0.05) is 5.69 Å². The van der Waals surface area contributed by atoms with Crippen molar-refractivity contribution >= 4 is 17.3 Å². The van der Waals surface area contributed by atoms with Gasteiger partial charge in [0.25, 0.3) is 0 Å². The number of para-hydroxylation sites is 2. The molecule has 25 heavy (non-hydrogen) atoms. The second-order valence-electron chi connectivity index (χ2n) is 6.35. The number of anilines is 2. The molecule has 1 atom stereocenters. The minimum absolute atomic E-state index is 0.0602. The molecule has 1 heterocycles. The summed E-state index contributed by atoms with van der Waals surface area (Å²) in [5.41, 5.74) is 3.09. The first-order chi connectivity index (χ1) is 12.2. The Labute approximate surface area is 147 Å². The lowest BCUT2D eigenvalue weighted by atomic mass is 9.77. The molecule has 0 unspecified atom stereocenters. The number of rotatable bonds is 3. The lowest BCUT2D eigenvalue weighted by Gasteiger charge is -2.25. The fraction of sp³-hybridized carbons (Fsp3) is 0.136. The zero-order valence-electron chi connectivity index (χ0n) is 14.3. The molecule has 0 aliphatic carbocycles. The molecule has 1 amide bonds. The van der Waals surface area contributed by atoms with Gasteiger partial charge in [-0.25, -0.2) is 0 Å². The van der Waals surface area contributed by atoms with E-state index < -0.39 is 5.41 Å². The second-order valence-corrected chi connectivity index (χ2v) is 6.35. The van der Waals surface area contributed by atoms with Crippen LogP contribution in [0.4, 0.5) is 11.4 Å². The van der Waals surface area contributed by atoms with Gasteiger partial charge >= 0.3 is 0 Å². The zero-order chi connectivity index (χ0) is 17.4. The number of hydrogen-bond donors (Lipinski definition) is 0. The number of fused-ring (bicyclic) bond motifs is 1. The van der Waals surface area contributed by atoms with Gasteiger partial charge in [0.15, 0.2) is 0 Å². The Hall–Kier alpha value is -3.07. The minimum atomic E-state index is -0.724. The molecule has 0 fully saturated rings. The normalized spacial score (nSPS) is 19.0. The lowest BCUT2D eigenvalue weighted by Crippen LogP contribution is -2.36. The summed E-state index contributed by atoms with van der Waals surface area (Å²) in [6.07, 6.45) is 0. The molecule has 124 valence electrons. The number of ether oxygens (including phenoxy) is 1. The standard InChI is InChI=1S/C22H19NO2/c1-22(16-12-14-18(25-2)15-13-16)19-10-6-7-11-20(19)23(21(22)24)17-8-4-3-5-9-17/h3-15H,1-2H3/t22-/m1/s1. The van der Waals surface area contributed by atoms with E-state index in [1.165, 1.54) is 0 Å². The van der Waals surface area contributed by atoms with E-state index in [1.807, 2.05) is 90.7 Å². The molecule has 0 saturated heterocycles. The van der Waals surface area contributed by atoms with Crippen molar-refractivity contribution in [1.29, 1.82) is 0 Å². The number of nitrogens with zero attached hydrogens (tertiary/aromatic N) is 1. The average Bonchev–Trinajstić information content (AvgIpc) is 2.91. The van der Waals surface area contributed by atoms with Gasteiger partial charge in [0.2, 0.25) is 5.91 Å². The summed E-state index contributed by atoms with van der Waals surface area (Å²) in [6.45, 7) is 2.00. The highest BCUT2D eigenvalue weighted by atomic mass is 16.5. The predicted molar refractivity (Wildman–Crippen MR) is 99.5 cm³/mol. The van der Waals surface area contributed by atoms with Gasteiger partial charge in [0.1, 0.15) is 5.75 Å². The molecule has 0 radical (unpaired) electrons. The van der Waals surface area contributed by atoms with Gasteiger partial charge in [-0.15, -0.1) is 0 Å². The minimum Gasteiger partial charge on any atom is -0.497 e. The van der Waals surface area contributed by atoms with Crippen molar-refractivity contribution < 1.29 is 9.53 Å². The van der Waals surface area contributed by atoms with Crippen LogP contribution in [0.2, 0.25) is 0 Å². The van der Waals surface area contributed by atoms with Crippen molar-refractivity contribution in [2.24, 2.45) is 0 Å². The monoisotopic (exact) mass is 329 g/mol. The molecule has 0 aromatic heterocycles. The third kappa shape index (κ3) is 2.23. The number of carbonyl (C=O) groups is 1. The zero-order valence-corrected chi connectivity index (χ0v) is 14.3. The number of benzene rings is 3. The summed E-state index contributed by atoms with van der Waals surface area (Å²) < 4.78 is 5.26. The van der Waals surface area contributed by atoms with Crippen molar-refractivity contribution in [3.8, 4) is 5.75 Å². The van der Waals surface area contributed by atoms with Crippen molar-refractivity contribution in [2.75, 3.05) is 12.0 Å². The van der Waals surface area contributed by atoms with E-state index in [0.717, 1.165) is 28.3 Å². The second kappa shape index (κ2) is 5.78. The van der Waals surface area contributed by atoms with Crippen LogP contribution in [-0.4, -0.2) is 13.0 Å². The van der Waals surface area contributed by atoms with Crippen molar-refractivity contribution in [1.82, 2.24) is 0 Å². The Morgan fingerprint density at radius 3 is 2.16 bits per heavy atom. The van der Waals surface area contributed by atoms with Gasteiger partial charge in [-0.3, -0.25) is 9.69 Å². The van der Waals surface area contributed by atoms with Crippen LogP contribution < -0.4 is 9.64 Å². The van der Waals surface area contributed by atoms with E-state index in [2.05, 4.69) is 0 Å². The number of carbonyl (C=O) groups excluding carboxylic acids is 1. The van der Waals surface area contributed by atoms with Crippen LogP contribution in [0.5, 0.6) is 5.75 Å². The molecule has 3 heteroatoms. The molecular formula is C22H19NO2. The Morgan fingerprint density at radius 1 is 0.840 bits per heavy atom. The molecule has 0 bridgehead atoms. The highest BCUT2D eigenvalue weighted by Crippen LogP contribution is 2.48. The molecule has 1 aliphatic rings. The molecule has 3 aromatic rings. The van der Waals surface area contributed by atoms with Crippen LogP contribution in [0.3, 0.4) is 0 Å². The van der Waals surface area contributed by atoms with Gasteiger partial charge in [0.05, 0.1) is 18.2 Å². The largest absolute Gasteiger partial charge is 0.497 e. The Bertz CT molecular complexity index is 918. The predicted octanol–water partition coefficient (Wildman–Crippen LogP) is 4.68. The summed E-state index contributed by atoms with van der Waals surface area (Å²) in [7, 11) is 1.64. The first kappa shape index (κ1) is 15.5. The van der Waals surface area contributed by atoms with Crippen LogP contribution in [0.15, 0.2) is 78.9 Å². The van der Waals surface area contributed by atoms with E-state index in [1.54, 1.807) is 7.11 Å². The highest BCUT2D eigenvalue weighted by Gasteiger charge is 2.48. The number of methoxy groups -OCH3 is 1. The third-order valence-corrected chi connectivity index (χ3v) is 5.00. The van der Waals surface area contributed by atoms with Crippen molar-refractivity contribution in [3.63, 3.8) is 0 Å². The Morgan fingerprint density at radius 2 is 1.48 bits per heavy atom. The fourth-order valence-electron chi connectivity index (χ4n) is 3.58. The maximum absolute atomic E-state index is 13.5. The highest BCUT2D eigenvalue weighted by molar-refractivity contribution is 6.14. The fourth-order valence-corrected chi connectivity index (χ4v) is 3.58. The summed E-state index contributed by atoms with van der Waals surface area (Å²) in [4.78, 5) is 15.4. The maximum atomic E-state index is 13.5. The third-order valence-electron chi connectivity index (χ3n) is 5.00. The van der Waals surface area contributed by atoms with E-state index in [4.69, 9.17) is 4.74 Å². The van der Waals surface area contributed by atoms with Crippen molar-refractivity contribution in [2.45, 2.75) is 12.3 Å². The van der Waals surface area contributed by atoms with E-state index in [0.29, 0.717) is 0 Å². The van der Waals surface area contributed by atoms with Crippen LogP contribution >= 0.6 is 0 Å². The SMILES string of the molecule is COc1ccc([C@@]2(C)C(=O)N(c3ccccc3)c3ccccc32)cc1. The van der Waals surface area contributed by atoms with E-state index in [-0.39, 0.29) is 5.91 Å². The van der Waals surface area contributed by atoms with Crippen LogP contribution in [0, 0.1) is 0 Å². The van der Waals surface area contributed by atoms with Gasteiger partial charge in [-0.1, -0.05) is 48.5 Å². The van der Waals surface area contributed by atoms with E-state index in [9.17, 15) is 4.79 Å². The first-order valence-corrected chi connectivity index (χ1v) is 8.30. The van der Waals surface area contributed by atoms with Gasteiger partial charge < -0.3 is 4.74 Å². The molecule has 0 spiro atoms. The quantitative estimate of drug-likeness (QED) is 0.698. The van der Waals surface area contributed by atoms with Gasteiger partial charge in [-0.2, -0.15) is 0 Å². The lowest BCUT2D eigenvalue weighted by molar-refractivity contribution is -0.120. The number of hydrogen-bond acceptors (Lipinski definition) is 2.